The monoisotopic (exact) mass is 273 g/mol. The summed E-state index contributed by atoms with van der Waals surface area (Å²) in [5.74, 6) is 1.42. The molecule has 106 valence electrons. The molecule has 0 saturated heterocycles. The standard InChI is InChI=1S/C14H19N5O/c1-20-10-2-6-16-14-17-9-5-13(19-14)18-11-12-3-7-15-8-4-12/h3-5,7-9H,2,6,10-11H2,1H3,(H2,16,17,18,19). The van der Waals surface area contributed by atoms with Gasteiger partial charge in [0, 0.05) is 45.4 Å². The fourth-order valence-corrected chi connectivity index (χ4v) is 1.65. The van der Waals surface area contributed by atoms with Crippen LogP contribution in [0.5, 0.6) is 0 Å². The molecule has 0 saturated carbocycles. The molecule has 20 heavy (non-hydrogen) atoms. The Balaban J connectivity index is 1.83. The lowest BCUT2D eigenvalue weighted by Crippen LogP contribution is -2.09. The van der Waals surface area contributed by atoms with Crippen molar-refractivity contribution in [1.29, 1.82) is 0 Å². The number of aromatic nitrogens is 3. The number of ether oxygens (including phenoxy) is 1. The van der Waals surface area contributed by atoms with Crippen molar-refractivity contribution in [2.24, 2.45) is 0 Å². The first kappa shape index (κ1) is 14.2. The van der Waals surface area contributed by atoms with Crippen LogP contribution in [0, 0.1) is 0 Å². The summed E-state index contributed by atoms with van der Waals surface area (Å²) in [6, 6.07) is 5.79. The first-order chi connectivity index (χ1) is 9.88. The molecule has 0 unspecified atom stereocenters. The molecule has 6 heteroatoms. The third kappa shape index (κ3) is 4.81. The number of nitrogens with one attached hydrogen (secondary N) is 2. The molecule has 0 aromatic carbocycles. The van der Waals surface area contributed by atoms with E-state index in [0.717, 1.165) is 31.0 Å². The molecule has 2 aromatic heterocycles. The number of anilines is 2. The topological polar surface area (TPSA) is 72.0 Å². The van der Waals surface area contributed by atoms with Crippen molar-refractivity contribution in [3.8, 4) is 0 Å². The number of hydrogen-bond donors (Lipinski definition) is 2. The van der Waals surface area contributed by atoms with Crippen molar-refractivity contribution in [2.75, 3.05) is 30.9 Å². The van der Waals surface area contributed by atoms with Gasteiger partial charge in [-0.3, -0.25) is 4.98 Å². The summed E-state index contributed by atoms with van der Waals surface area (Å²) in [7, 11) is 1.69. The molecular formula is C14H19N5O. The Bertz CT molecular complexity index is 506. The molecule has 2 aromatic rings. The Morgan fingerprint density at radius 2 is 1.95 bits per heavy atom. The summed E-state index contributed by atoms with van der Waals surface area (Å²) < 4.78 is 4.99. The second kappa shape index (κ2) is 8.06. The Morgan fingerprint density at radius 1 is 1.10 bits per heavy atom. The van der Waals surface area contributed by atoms with Gasteiger partial charge in [-0.1, -0.05) is 0 Å². The van der Waals surface area contributed by atoms with E-state index in [9.17, 15) is 0 Å². The number of nitrogens with zero attached hydrogens (tertiary/aromatic N) is 3. The van der Waals surface area contributed by atoms with Crippen LogP contribution in [0.2, 0.25) is 0 Å². The van der Waals surface area contributed by atoms with E-state index in [1.54, 1.807) is 25.7 Å². The van der Waals surface area contributed by atoms with E-state index in [1.165, 1.54) is 0 Å². The van der Waals surface area contributed by atoms with Crippen LogP contribution in [0.3, 0.4) is 0 Å². The Hall–Kier alpha value is -2.21. The summed E-state index contributed by atoms with van der Waals surface area (Å²) in [4.78, 5) is 12.6. The van der Waals surface area contributed by atoms with E-state index in [1.807, 2.05) is 18.2 Å². The minimum Gasteiger partial charge on any atom is -0.385 e. The van der Waals surface area contributed by atoms with Gasteiger partial charge in [0.1, 0.15) is 5.82 Å². The van der Waals surface area contributed by atoms with Crippen LogP contribution in [0.1, 0.15) is 12.0 Å². The van der Waals surface area contributed by atoms with Crippen molar-refractivity contribution in [1.82, 2.24) is 15.0 Å². The molecule has 2 rings (SSSR count). The minimum absolute atomic E-state index is 0.626. The van der Waals surface area contributed by atoms with Crippen molar-refractivity contribution in [2.45, 2.75) is 13.0 Å². The maximum atomic E-state index is 4.99. The second-order valence-electron chi connectivity index (χ2n) is 4.25. The zero-order valence-electron chi connectivity index (χ0n) is 11.5. The second-order valence-corrected chi connectivity index (χ2v) is 4.25. The molecule has 0 aliphatic carbocycles. The molecule has 0 aliphatic rings. The number of hydrogen-bond acceptors (Lipinski definition) is 6. The molecule has 0 atom stereocenters. The Kier molecular flexibility index (Phi) is 5.72. The minimum atomic E-state index is 0.626. The summed E-state index contributed by atoms with van der Waals surface area (Å²) >= 11 is 0. The van der Waals surface area contributed by atoms with E-state index in [2.05, 4.69) is 25.6 Å². The normalized spacial score (nSPS) is 10.2. The average Bonchev–Trinajstić information content (AvgIpc) is 2.51. The van der Waals surface area contributed by atoms with Gasteiger partial charge in [-0.15, -0.1) is 0 Å². The predicted molar refractivity (Wildman–Crippen MR) is 78.6 cm³/mol. The summed E-state index contributed by atoms with van der Waals surface area (Å²) in [6.07, 6.45) is 6.22. The van der Waals surface area contributed by atoms with Gasteiger partial charge in [-0.25, -0.2) is 4.98 Å². The van der Waals surface area contributed by atoms with Gasteiger partial charge in [0.25, 0.3) is 0 Å². The van der Waals surface area contributed by atoms with Crippen LogP contribution in [0.25, 0.3) is 0 Å². The average molecular weight is 273 g/mol. The third-order valence-corrected chi connectivity index (χ3v) is 2.69. The lowest BCUT2D eigenvalue weighted by molar-refractivity contribution is 0.197. The summed E-state index contributed by atoms with van der Waals surface area (Å²) in [6.45, 7) is 2.23. The van der Waals surface area contributed by atoms with Crippen molar-refractivity contribution in [3.05, 3.63) is 42.4 Å². The first-order valence-electron chi connectivity index (χ1n) is 6.57. The smallest absolute Gasteiger partial charge is 0.224 e. The van der Waals surface area contributed by atoms with Crippen LogP contribution in [-0.4, -0.2) is 35.2 Å². The molecule has 0 amide bonds. The maximum Gasteiger partial charge on any atom is 0.224 e. The Labute approximate surface area is 118 Å². The highest BCUT2D eigenvalue weighted by Crippen LogP contribution is 2.07. The molecule has 0 spiro atoms. The van der Waals surface area contributed by atoms with Crippen molar-refractivity contribution < 1.29 is 4.74 Å². The van der Waals surface area contributed by atoms with Gasteiger partial charge >= 0.3 is 0 Å². The zero-order valence-corrected chi connectivity index (χ0v) is 11.5. The molecule has 0 radical (unpaired) electrons. The zero-order chi connectivity index (χ0) is 14.0. The van der Waals surface area contributed by atoms with Gasteiger partial charge in [0.2, 0.25) is 5.95 Å². The van der Waals surface area contributed by atoms with Crippen LogP contribution in [-0.2, 0) is 11.3 Å². The van der Waals surface area contributed by atoms with E-state index in [-0.39, 0.29) is 0 Å². The highest BCUT2D eigenvalue weighted by molar-refractivity contribution is 5.40. The predicted octanol–water partition coefficient (Wildman–Crippen LogP) is 1.93. The SMILES string of the molecule is COCCCNc1nccc(NCc2ccncc2)n1. The first-order valence-corrected chi connectivity index (χ1v) is 6.57. The molecule has 0 fully saturated rings. The highest BCUT2D eigenvalue weighted by atomic mass is 16.5. The molecule has 6 nitrogen and oxygen atoms in total. The molecule has 2 heterocycles. The van der Waals surface area contributed by atoms with E-state index in [0.29, 0.717) is 12.5 Å². The maximum absolute atomic E-state index is 4.99. The molecule has 2 N–H and O–H groups in total. The molecule has 0 aliphatic heterocycles. The molecule has 0 bridgehead atoms. The number of methoxy groups -OCH3 is 1. The van der Waals surface area contributed by atoms with Gasteiger partial charge in [0.15, 0.2) is 0 Å². The van der Waals surface area contributed by atoms with Gasteiger partial charge in [0.05, 0.1) is 0 Å². The van der Waals surface area contributed by atoms with E-state index < -0.39 is 0 Å². The van der Waals surface area contributed by atoms with Crippen LogP contribution in [0.15, 0.2) is 36.8 Å². The van der Waals surface area contributed by atoms with E-state index in [4.69, 9.17) is 4.74 Å². The summed E-state index contributed by atoms with van der Waals surface area (Å²) in [5.41, 5.74) is 1.16. The fourth-order valence-electron chi connectivity index (χ4n) is 1.65. The van der Waals surface area contributed by atoms with Crippen molar-refractivity contribution >= 4 is 11.8 Å². The van der Waals surface area contributed by atoms with Gasteiger partial charge in [-0.05, 0) is 30.2 Å². The highest BCUT2D eigenvalue weighted by Gasteiger charge is 1.99. The number of pyridine rings is 1. The quantitative estimate of drug-likeness (QED) is 0.716. The van der Waals surface area contributed by atoms with E-state index >= 15 is 0 Å². The van der Waals surface area contributed by atoms with Gasteiger partial charge in [-0.2, -0.15) is 4.98 Å². The Morgan fingerprint density at radius 3 is 2.75 bits per heavy atom. The fraction of sp³-hybridized carbons (Fsp3) is 0.357. The van der Waals surface area contributed by atoms with Crippen LogP contribution in [0.4, 0.5) is 11.8 Å². The van der Waals surface area contributed by atoms with Gasteiger partial charge < -0.3 is 15.4 Å². The largest absolute Gasteiger partial charge is 0.385 e. The lowest BCUT2D eigenvalue weighted by atomic mass is 10.3. The number of rotatable bonds is 8. The van der Waals surface area contributed by atoms with Crippen LogP contribution >= 0.6 is 0 Å². The lowest BCUT2D eigenvalue weighted by Gasteiger charge is -2.08. The van der Waals surface area contributed by atoms with Crippen molar-refractivity contribution in [3.63, 3.8) is 0 Å². The summed E-state index contributed by atoms with van der Waals surface area (Å²) in [5, 5.41) is 6.43. The third-order valence-electron chi connectivity index (χ3n) is 2.69. The molecular weight excluding hydrogens is 254 g/mol. The van der Waals surface area contributed by atoms with Crippen LogP contribution < -0.4 is 10.6 Å².